The number of hydrogen-bond donors (Lipinski definition) is 2. The van der Waals surface area contributed by atoms with Crippen molar-refractivity contribution in [3.05, 3.63) is 127 Å². The van der Waals surface area contributed by atoms with Crippen LogP contribution in [0.25, 0.3) is 28.7 Å². The summed E-state index contributed by atoms with van der Waals surface area (Å²) in [6, 6.07) is 25.4. The van der Waals surface area contributed by atoms with Crippen molar-refractivity contribution >= 4 is 46.6 Å². The van der Waals surface area contributed by atoms with E-state index in [1.54, 1.807) is 23.5 Å². The average Bonchev–Trinajstić information content (AvgIpc) is 3.85. The van der Waals surface area contributed by atoms with Crippen LogP contribution in [-0.2, 0) is 16.9 Å². The molecule has 50 heavy (non-hydrogen) atoms. The van der Waals surface area contributed by atoms with Gasteiger partial charge < -0.3 is 19.8 Å². The Balaban J connectivity index is 1.47. The number of nitrogens with zero attached hydrogens (tertiary/aromatic N) is 4. The molecule has 0 fully saturated rings. The Kier molecular flexibility index (Phi) is 11.1. The minimum atomic E-state index is -5.10. The molecule has 0 radical (unpaired) electrons. The van der Waals surface area contributed by atoms with Gasteiger partial charge in [-0.3, -0.25) is 0 Å². The minimum Gasteiger partial charge on any atom is -0.465 e. The number of ether oxygens (including phenoxy) is 1. The van der Waals surface area contributed by atoms with E-state index in [9.17, 15) is 26.0 Å². The molecule has 0 aliphatic carbocycles. The summed E-state index contributed by atoms with van der Waals surface area (Å²) < 4.78 is 50.8. The van der Waals surface area contributed by atoms with Crippen molar-refractivity contribution in [1.82, 2.24) is 0 Å². The first kappa shape index (κ1) is 35.9. The number of anilines is 1. The Labute approximate surface area is 295 Å². The number of rotatable bonds is 11. The fourth-order valence-electron chi connectivity index (χ4n) is 5.59. The average molecular weight is 711 g/mol. The van der Waals surface area contributed by atoms with Gasteiger partial charge in [-0.05, 0) is 66.6 Å². The SMILES string of the molecule is CCN(CCO)c1ccc(-c2ccc(/C=C/c3cc(CO)c(/C=C/C4=C(C#N)C(=C(C#N)C#N)OC4(c4ccccc4)C(F)(F)F)s3)s2)cc1. The number of likely N-dealkylation sites (N-methyl/N-ethyl adjacent to an activating group) is 1. The predicted octanol–water partition coefficient (Wildman–Crippen LogP) is 8.58. The number of benzene rings is 2. The molecule has 7 nitrogen and oxygen atoms in total. The molecule has 0 bridgehead atoms. The van der Waals surface area contributed by atoms with Crippen LogP contribution in [0.5, 0.6) is 0 Å². The molecule has 1 atom stereocenters. The second kappa shape index (κ2) is 15.4. The Morgan fingerprint density at radius 1 is 0.900 bits per heavy atom. The van der Waals surface area contributed by atoms with Crippen LogP contribution in [0.15, 0.2) is 101 Å². The van der Waals surface area contributed by atoms with Gasteiger partial charge in [-0.1, -0.05) is 48.5 Å². The highest BCUT2D eigenvalue weighted by Crippen LogP contribution is 2.56. The lowest BCUT2D eigenvalue weighted by atomic mass is 9.84. The topological polar surface area (TPSA) is 124 Å². The van der Waals surface area contributed by atoms with E-state index in [0.717, 1.165) is 38.5 Å². The third kappa shape index (κ3) is 7.00. The number of hydrogen-bond acceptors (Lipinski definition) is 9. The molecule has 4 aromatic rings. The Bertz CT molecular complexity index is 2090. The Morgan fingerprint density at radius 3 is 2.20 bits per heavy atom. The van der Waals surface area contributed by atoms with Crippen LogP contribution in [0.3, 0.4) is 0 Å². The highest BCUT2D eigenvalue weighted by Gasteiger charge is 2.65. The summed E-state index contributed by atoms with van der Waals surface area (Å²) in [6.07, 6.45) is 1.15. The highest BCUT2D eigenvalue weighted by molar-refractivity contribution is 7.16. The van der Waals surface area contributed by atoms with Crippen molar-refractivity contribution in [3.63, 3.8) is 0 Å². The van der Waals surface area contributed by atoms with Crippen LogP contribution in [-0.4, -0.2) is 36.1 Å². The third-order valence-electron chi connectivity index (χ3n) is 8.01. The quantitative estimate of drug-likeness (QED) is 0.150. The summed E-state index contributed by atoms with van der Waals surface area (Å²) in [7, 11) is 0. The largest absolute Gasteiger partial charge is 0.465 e. The van der Waals surface area contributed by atoms with E-state index < -0.39 is 40.9 Å². The minimum absolute atomic E-state index is 0.0755. The van der Waals surface area contributed by atoms with E-state index in [-0.39, 0.29) is 12.2 Å². The van der Waals surface area contributed by atoms with Gasteiger partial charge in [0, 0.05) is 49.4 Å². The molecular weight excluding hydrogens is 682 g/mol. The lowest BCUT2D eigenvalue weighted by Crippen LogP contribution is -2.43. The Hall–Kier alpha value is -5.42. The van der Waals surface area contributed by atoms with Crippen molar-refractivity contribution in [1.29, 1.82) is 15.8 Å². The summed E-state index contributed by atoms with van der Waals surface area (Å²) in [5.41, 5.74) is -2.90. The fraction of sp³-hybridized carbons (Fsp3) is 0.184. The molecule has 0 saturated carbocycles. The first-order chi connectivity index (χ1) is 24.1. The second-order valence-electron chi connectivity index (χ2n) is 10.9. The van der Waals surface area contributed by atoms with Crippen LogP contribution < -0.4 is 4.90 Å². The molecule has 0 saturated heterocycles. The van der Waals surface area contributed by atoms with Crippen LogP contribution >= 0.6 is 22.7 Å². The molecular formula is C38H29F3N4O3S2. The summed E-state index contributed by atoms with van der Waals surface area (Å²) in [5.74, 6) is -0.744. The third-order valence-corrected chi connectivity index (χ3v) is 10.2. The summed E-state index contributed by atoms with van der Waals surface area (Å²) >= 11 is 2.81. The van der Waals surface area contributed by atoms with Crippen molar-refractivity contribution in [2.45, 2.75) is 25.3 Å². The van der Waals surface area contributed by atoms with Crippen molar-refractivity contribution in [2.75, 3.05) is 24.6 Å². The molecule has 2 aromatic heterocycles. The summed E-state index contributed by atoms with van der Waals surface area (Å²) in [4.78, 5) is 5.29. The number of alkyl halides is 3. The predicted molar refractivity (Wildman–Crippen MR) is 189 cm³/mol. The molecule has 1 unspecified atom stereocenters. The zero-order chi connectivity index (χ0) is 35.9. The van der Waals surface area contributed by atoms with Crippen molar-refractivity contribution < 1.29 is 28.1 Å². The standard InChI is InChI=1S/C38H29F3N4O3S2/c1-2-45(18-19-46)29-10-8-25(9-11-29)34-16-14-30(49-34)12-13-31-20-26(24-47)35(50-31)17-15-33-32(23-44)36(27(21-42)22-43)48-37(33,38(39,40)41)28-6-4-3-5-7-28/h3-17,20,46-47H,2,18-19,24H2,1H3/b13-12+,17-15+. The molecule has 5 rings (SSSR count). The summed E-state index contributed by atoms with van der Waals surface area (Å²) in [6.45, 7) is 3.06. The lowest BCUT2D eigenvalue weighted by Gasteiger charge is -2.33. The highest BCUT2D eigenvalue weighted by atomic mass is 32.1. The summed E-state index contributed by atoms with van der Waals surface area (Å²) in [5, 5.41) is 48.4. The zero-order valence-electron chi connectivity index (χ0n) is 26.6. The number of allylic oxidation sites excluding steroid dienone is 2. The molecule has 1 aliphatic heterocycles. The molecule has 3 heterocycles. The van der Waals surface area contributed by atoms with Crippen molar-refractivity contribution in [2.24, 2.45) is 0 Å². The van der Waals surface area contributed by atoms with Crippen LogP contribution in [0.1, 0.15) is 32.7 Å². The first-order valence-electron chi connectivity index (χ1n) is 15.3. The van der Waals surface area contributed by atoms with Crippen molar-refractivity contribution in [3.8, 4) is 28.6 Å². The number of aliphatic hydroxyl groups excluding tert-OH is 2. The molecule has 0 amide bonds. The van der Waals surface area contributed by atoms with E-state index in [0.29, 0.717) is 17.0 Å². The normalized spacial score (nSPS) is 16.0. The molecule has 252 valence electrons. The molecule has 1 aliphatic rings. The van der Waals surface area contributed by atoms with Crippen LogP contribution in [0.2, 0.25) is 0 Å². The van der Waals surface area contributed by atoms with Gasteiger partial charge in [0.15, 0.2) is 11.3 Å². The van der Waals surface area contributed by atoms with E-state index in [1.165, 1.54) is 59.9 Å². The lowest BCUT2D eigenvalue weighted by molar-refractivity contribution is -0.249. The van der Waals surface area contributed by atoms with Gasteiger partial charge in [-0.25, -0.2) is 0 Å². The van der Waals surface area contributed by atoms with Gasteiger partial charge in [-0.2, -0.15) is 29.0 Å². The molecule has 2 N–H and O–H groups in total. The fourth-order valence-corrected chi connectivity index (χ4v) is 7.49. The maximum Gasteiger partial charge on any atom is 0.437 e. The number of halogens is 3. The van der Waals surface area contributed by atoms with Gasteiger partial charge in [-0.15, -0.1) is 22.7 Å². The monoisotopic (exact) mass is 710 g/mol. The van der Waals surface area contributed by atoms with Gasteiger partial charge in [0.05, 0.1) is 13.2 Å². The number of nitriles is 3. The van der Waals surface area contributed by atoms with Gasteiger partial charge in [0.2, 0.25) is 0 Å². The maximum absolute atomic E-state index is 15.1. The first-order valence-corrected chi connectivity index (χ1v) is 16.9. The van der Waals surface area contributed by atoms with E-state index in [2.05, 4.69) is 4.90 Å². The van der Waals surface area contributed by atoms with E-state index in [4.69, 9.17) is 4.74 Å². The van der Waals surface area contributed by atoms with Gasteiger partial charge in [0.25, 0.3) is 5.60 Å². The van der Waals surface area contributed by atoms with Crippen LogP contribution in [0.4, 0.5) is 18.9 Å². The zero-order valence-corrected chi connectivity index (χ0v) is 28.2. The Morgan fingerprint density at radius 2 is 1.60 bits per heavy atom. The molecule has 2 aromatic carbocycles. The van der Waals surface area contributed by atoms with E-state index >= 15 is 13.2 Å². The molecule has 0 spiro atoms. The van der Waals surface area contributed by atoms with Gasteiger partial charge >= 0.3 is 6.18 Å². The van der Waals surface area contributed by atoms with Gasteiger partial charge in [0.1, 0.15) is 23.8 Å². The van der Waals surface area contributed by atoms with Crippen LogP contribution in [0, 0.1) is 34.0 Å². The number of thiophene rings is 2. The van der Waals surface area contributed by atoms with E-state index in [1.807, 2.05) is 55.5 Å². The smallest absolute Gasteiger partial charge is 0.437 e. The molecule has 12 heteroatoms. The second-order valence-corrected chi connectivity index (χ2v) is 13.1. The number of aliphatic hydroxyl groups is 2. The maximum atomic E-state index is 15.1.